The van der Waals surface area contributed by atoms with Crippen molar-refractivity contribution < 1.29 is 9.53 Å². The fourth-order valence-electron chi connectivity index (χ4n) is 3.98. The second-order valence-electron chi connectivity index (χ2n) is 7.57. The van der Waals surface area contributed by atoms with Crippen LogP contribution in [-0.2, 0) is 0 Å². The molecule has 0 aromatic heterocycles. The molecule has 2 aromatic rings. The quantitative estimate of drug-likeness (QED) is 0.218. The molecule has 1 aliphatic rings. The minimum atomic E-state index is -0.346. The summed E-state index contributed by atoms with van der Waals surface area (Å²) < 4.78 is 5.44. The first-order valence-corrected chi connectivity index (χ1v) is 10.6. The van der Waals surface area contributed by atoms with Crippen molar-refractivity contribution >= 4 is 29.0 Å². The van der Waals surface area contributed by atoms with Crippen molar-refractivity contribution in [2.24, 2.45) is 10.9 Å². The van der Waals surface area contributed by atoms with E-state index in [1.807, 2.05) is 12.1 Å². The number of unbranched alkanes of at least 4 members (excludes halogenated alkanes) is 1. The Morgan fingerprint density at radius 1 is 1.07 bits per heavy atom. The van der Waals surface area contributed by atoms with Gasteiger partial charge in [0.15, 0.2) is 0 Å². The highest BCUT2D eigenvalue weighted by molar-refractivity contribution is 7.78. The Labute approximate surface area is 172 Å². The lowest BCUT2D eigenvalue weighted by atomic mass is 9.77. The number of carbonyl (C=O) groups excluding carboxylic acids is 1. The van der Waals surface area contributed by atoms with Gasteiger partial charge in [-0.25, -0.2) is 4.79 Å². The third kappa shape index (κ3) is 5.60. The molecule has 0 radical (unpaired) electrons. The lowest BCUT2D eigenvalue weighted by molar-refractivity contribution is 0.0734. The fraction of sp³-hybridized carbons (Fsp3) is 0.417. The van der Waals surface area contributed by atoms with Gasteiger partial charge in [-0.2, -0.15) is 4.99 Å². The first-order valence-electron chi connectivity index (χ1n) is 10.2. The van der Waals surface area contributed by atoms with Crippen LogP contribution in [0.3, 0.4) is 0 Å². The van der Waals surface area contributed by atoms with Gasteiger partial charge in [0.1, 0.15) is 5.75 Å². The normalized spacial score (nSPS) is 18.9. The van der Waals surface area contributed by atoms with Crippen LogP contribution in [0.25, 0.3) is 0 Å². The van der Waals surface area contributed by atoms with Crippen LogP contribution in [0.5, 0.6) is 5.75 Å². The molecule has 0 atom stereocenters. The number of carbonyl (C=O) groups is 1. The third-order valence-electron chi connectivity index (χ3n) is 5.65. The second kappa shape index (κ2) is 10.3. The van der Waals surface area contributed by atoms with E-state index >= 15 is 0 Å². The summed E-state index contributed by atoms with van der Waals surface area (Å²) in [5.74, 6) is 1.67. The molecular formula is C24H27NO2S. The average Bonchev–Trinajstić information content (AvgIpc) is 2.74. The minimum absolute atomic E-state index is 0.346. The average molecular weight is 394 g/mol. The van der Waals surface area contributed by atoms with Gasteiger partial charge in [-0.1, -0.05) is 38.3 Å². The molecule has 146 valence electrons. The molecule has 1 aliphatic carbocycles. The molecule has 3 nitrogen and oxygen atoms in total. The molecule has 28 heavy (non-hydrogen) atoms. The molecular weight excluding hydrogens is 366 g/mol. The van der Waals surface area contributed by atoms with Crippen LogP contribution >= 0.6 is 12.2 Å². The molecule has 0 saturated heterocycles. The van der Waals surface area contributed by atoms with Gasteiger partial charge in [0, 0.05) is 0 Å². The number of hydrogen-bond donors (Lipinski definition) is 0. The van der Waals surface area contributed by atoms with Gasteiger partial charge < -0.3 is 4.74 Å². The smallest absolute Gasteiger partial charge is 0.343 e. The highest BCUT2D eigenvalue weighted by Crippen LogP contribution is 2.37. The molecule has 0 spiro atoms. The highest BCUT2D eigenvalue weighted by atomic mass is 32.1. The lowest BCUT2D eigenvalue weighted by Crippen LogP contribution is -2.14. The summed E-state index contributed by atoms with van der Waals surface area (Å²) in [6.45, 7) is 2.27. The zero-order valence-corrected chi connectivity index (χ0v) is 17.2. The van der Waals surface area contributed by atoms with Gasteiger partial charge in [0.05, 0.1) is 16.4 Å². The van der Waals surface area contributed by atoms with E-state index < -0.39 is 0 Å². The Kier molecular flexibility index (Phi) is 7.53. The number of thiocarbonyl (C=S) groups is 1. The number of benzene rings is 2. The predicted molar refractivity (Wildman–Crippen MR) is 117 cm³/mol. The van der Waals surface area contributed by atoms with Crippen LogP contribution in [0.2, 0.25) is 0 Å². The summed E-state index contributed by atoms with van der Waals surface area (Å²) in [6.07, 6.45) is 9.21. The Bertz CT molecular complexity index is 815. The van der Waals surface area contributed by atoms with Crippen LogP contribution < -0.4 is 4.74 Å². The van der Waals surface area contributed by atoms with E-state index in [2.05, 4.69) is 41.4 Å². The predicted octanol–water partition coefficient (Wildman–Crippen LogP) is 7.10. The summed E-state index contributed by atoms with van der Waals surface area (Å²) in [5, 5.41) is 2.31. The maximum absolute atomic E-state index is 12.4. The maximum Gasteiger partial charge on any atom is 0.343 e. The summed E-state index contributed by atoms with van der Waals surface area (Å²) in [7, 11) is 0. The molecule has 1 saturated carbocycles. The number of isothiocyanates is 1. The van der Waals surface area contributed by atoms with Crippen LogP contribution in [-0.4, -0.2) is 11.1 Å². The van der Waals surface area contributed by atoms with Gasteiger partial charge in [-0.05, 0) is 91.7 Å². The maximum atomic E-state index is 12.4. The van der Waals surface area contributed by atoms with Crippen LogP contribution in [0, 0.1) is 5.92 Å². The summed E-state index contributed by atoms with van der Waals surface area (Å²) in [5.41, 5.74) is 2.60. The number of hydrogen-bond acceptors (Lipinski definition) is 4. The Hall–Kier alpha value is -2.29. The second-order valence-corrected chi connectivity index (χ2v) is 7.75. The highest BCUT2D eigenvalue weighted by Gasteiger charge is 2.22. The molecule has 1 fully saturated rings. The van der Waals surface area contributed by atoms with Crippen molar-refractivity contribution in [1.29, 1.82) is 0 Å². The van der Waals surface area contributed by atoms with E-state index in [0.717, 1.165) is 5.92 Å². The lowest BCUT2D eigenvalue weighted by Gasteiger charge is -2.28. The Balaban J connectivity index is 1.55. The van der Waals surface area contributed by atoms with Gasteiger partial charge in [0.25, 0.3) is 0 Å². The number of esters is 1. The zero-order valence-electron chi connectivity index (χ0n) is 16.4. The topological polar surface area (TPSA) is 38.7 Å². The van der Waals surface area contributed by atoms with Crippen molar-refractivity contribution in [3.8, 4) is 5.75 Å². The first-order chi connectivity index (χ1) is 13.7. The standard InChI is InChI=1S/C24H27NO2S/c1-2-3-4-18-5-7-19(8-6-18)20-9-11-21(12-10-20)24(26)27-23-15-13-22(14-16-23)25-17-28/h9-16,18-19H,2-8H2,1H3. The van der Waals surface area contributed by atoms with Gasteiger partial charge in [0.2, 0.25) is 0 Å². The van der Waals surface area contributed by atoms with Crippen LogP contribution in [0.1, 0.15) is 73.7 Å². The Morgan fingerprint density at radius 2 is 1.75 bits per heavy atom. The van der Waals surface area contributed by atoms with Gasteiger partial charge >= 0.3 is 5.97 Å². The van der Waals surface area contributed by atoms with E-state index in [0.29, 0.717) is 22.9 Å². The number of ether oxygens (including phenoxy) is 1. The molecule has 0 N–H and O–H groups in total. The van der Waals surface area contributed by atoms with Crippen molar-refractivity contribution in [3.63, 3.8) is 0 Å². The molecule has 0 heterocycles. The van der Waals surface area contributed by atoms with E-state index in [-0.39, 0.29) is 5.97 Å². The molecule has 0 bridgehead atoms. The van der Waals surface area contributed by atoms with E-state index in [9.17, 15) is 4.79 Å². The van der Waals surface area contributed by atoms with Crippen molar-refractivity contribution in [1.82, 2.24) is 0 Å². The fourth-order valence-corrected chi connectivity index (χ4v) is 4.08. The van der Waals surface area contributed by atoms with E-state index in [1.54, 1.807) is 24.3 Å². The monoisotopic (exact) mass is 393 g/mol. The number of rotatable bonds is 7. The molecule has 3 rings (SSSR count). The number of nitrogens with zero attached hydrogens (tertiary/aromatic N) is 1. The summed E-state index contributed by atoms with van der Waals surface area (Å²) in [6, 6.07) is 14.8. The molecule has 0 aliphatic heterocycles. The van der Waals surface area contributed by atoms with Crippen LogP contribution in [0.4, 0.5) is 5.69 Å². The SMILES string of the molecule is CCCCC1CCC(c2ccc(C(=O)Oc3ccc(N=C=S)cc3)cc2)CC1. The van der Waals surface area contributed by atoms with Gasteiger partial charge in [-0.3, -0.25) is 0 Å². The number of aliphatic imine (C=N–C) groups is 1. The first kappa shape index (κ1) is 20.4. The third-order valence-corrected chi connectivity index (χ3v) is 5.74. The largest absolute Gasteiger partial charge is 0.423 e. The molecule has 0 amide bonds. The Morgan fingerprint density at radius 3 is 2.36 bits per heavy atom. The zero-order chi connectivity index (χ0) is 19.8. The van der Waals surface area contributed by atoms with Crippen LogP contribution in [0.15, 0.2) is 53.5 Å². The molecule has 2 aromatic carbocycles. The molecule has 4 heteroatoms. The molecule has 0 unspecified atom stereocenters. The van der Waals surface area contributed by atoms with Crippen molar-refractivity contribution in [2.45, 2.75) is 57.8 Å². The minimum Gasteiger partial charge on any atom is -0.423 e. The van der Waals surface area contributed by atoms with E-state index in [1.165, 1.54) is 50.5 Å². The van der Waals surface area contributed by atoms with Gasteiger partial charge in [-0.15, -0.1) is 0 Å². The summed E-state index contributed by atoms with van der Waals surface area (Å²) in [4.78, 5) is 16.3. The van der Waals surface area contributed by atoms with Crippen molar-refractivity contribution in [2.75, 3.05) is 0 Å². The van der Waals surface area contributed by atoms with Crippen molar-refractivity contribution in [3.05, 3.63) is 59.7 Å². The summed E-state index contributed by atoms with van der Waals surface area (Å²) >= 11 is 4.58. The van der Waals surface area contributed by atoms with E-state index in [4.69, 9.17) is 4.74 Å².